The number of sulfone groups is 1. The number of thiazole rings is 1. The summed E-state index contributed by atoms with van der Waals surface area (Å²) in [4.78, 5) is 19.6. The summed E-state index contributed by atoms with van der Waals surface area (Å²) in [5, 5.41) is 5.19. The maximum Gasteiger partial charge on any atom is 0.293 e. The van der Waals surface area contributed by atoms with Crippen LogP contribution < -0.4 is 5.32 Å². The van der Waals surface area contributed by atoms with Crippen LogP contribution in [0.3, 0.4) is 0 Å². The summed E-state index contributed by atoms with van der Waals surface area (Å²) in [5.74, 6) is 0.217. The van der Waals surface area contributed by atoms with Crippen LogP contribution in [0.25, 0.3) is 0 Å². The number of carbonyl (C=O) groups is 1. The van der Waals surface area contributed by atoms with Crippen LogP contribution in [0, 0.1) is 5.92 Å². The highest BCUT2D eigenvalue weighted by atomic mass is 32.2. The van der Waals surface area contributed by atoms with E-state index in [0.29, 0.717) is 11.0 Å². The monoisotopic (exact) mass is 459 g/mol. The molecule has 2 aromatic heterocycles. The Bertz CT molecular complexity index is 1140. The number of hydrogen-bond donors (Lipinski definition) is 1. The van der Waals surface area contributed by atoms with E-state index in [2.05, 4.69) is 22.1 Å². The zero-order valence-electron chi connectivity index (χ0n) is 17.3. The molecule has 9 heteroatoms. The number of hydrogen-bond acceptors (Lipinski definition) is 7. The highest BCUT2D eigenvalue weighted by Crippen LogP contribution is 2.22. The fraction of sp³-hybridized carbons (Fsp3) is 0.364. The molecule has 0 spiro atoms. The van der Waals surface area contributed by atoms with Crippen molar-refractivity contribution in [1.29, 1.82) is 0 Å². The minimum atomic E-state index is -3.54. The van der Waals surface area contributed by atoms with Gasteiger partial charge in [-0.2, -0.15) is 0 Å². The summed E-state index contributed by atoms with van der Waals surface area (Å²) in [5.41, 5.74) is 0.934. The molecule has 1 amide bonds. The van der Waals surface area contributed by atoms with Gasteiger partial charge in [-0.05, 0) is 49.6 Å². The fourth-order valence-electron chi connectivity index (χ4n) is 3.73. The molecule has 31 heavy (non-hydrogen) atoms. The number of furan rings is 1. The Labute approximate surface area is 186 Å². The molecule has 0 radical (unpaired) electrons. The smallest absolute Gasteiger partial charge is 0.293 e. The average molecular weight is 460 g/mol. The molecule has 0 saturated carbocycles. The van der Waals surface area contributed by atoms with Crippen LogP contribution >= 0.6 is 11.3 Å². The van der Waals surface area contributed by atoms with E-state index in [1.54, 1.807) is 18.2 Å². The van der Waals surface area contributed by atoms with E-state index in [1.165, 1.54) is 48.4 Å². The van der Waals surface area contributed by atoms with Gasteiger partial charge in [-0.1, -0.05) is 25.1 Å². The van der Waals surface area contributed by atoms with Crippen molar-refractivity contribution < 1.29 is 17.6 Å². The molecule has 0 unspecified atom stereocenters. The second-order valence-corrected chi connectivity index (χ2v) is 10.8. The lowest BCUT2D eigenvalue weighted by Gasteiger charge is -2.30. The molecule has 164 valence electrons. The van der Waals surface area contributed by atoms with Gasteiger partial charge >= 0.3 is 0 Å². The molecule has 1 N–H and O–H groups in total. The molecule has 3 aromatic rings. The van der Waals surface area contributed by atoms with Gasteiger partial charge in [0.2, 0.25) is 0 Å². The normalized spacial score (nSPS) is 17.5. The van der Waals surface area contributed by atoms with Crippen LogP contribution in [0.4, 0.5) is 5.13 Å². The van der Waals surface area contributed by atoms with E-state index in [0.717, 1.165) is 25.3 Å². The Morgan fingerprint density at radius 2 is 2.06 bits per heavy atom. The zero-order chi connectivity index (χ0) is 21.8. The second kappa shape index (κ2) is 9.33. The zero-order valence-corrected chi connectivity index (χ0v) is 18.9. The van der Waals surface area contributed by atoms with Gasteiger partial charge in [-0.3, -0.25) is 15.0 Å². The summed E-state index contributed by atoms with van der Waals surface area (Å²) in [6, 6.07) is 11.2. The first-order valence-electron chi connectivity index (χ1n) is 10.2. The molecule has 0 aliphatic carbocycles. The summed E-state index contributed by atoms with van der Waals surface area (Å²) in [6.45, 7) is 5.19. The van der Waals surface area contributed by atoms with Crippen molar-refractivity contribution in [2.75, 3.05) is 18.4 Å². The van der Waals surface area contributed by atoms with E-state index in [1.807, 2.05) is 5.38 Å². The second-order valence-electron chi connectivity index (χ2n) is 7.92. The van der Waals surface area contributed by atoms with Crippen LogP contribution in [0.5, 0.6) is 0 Å². The first-order valence-corrected chi connectivity index (χ1v) is 12.8. The van der Waals surface area contributed by atoms with Crippen LogP contribution in [-0.4, -0.2) is 37.3 Å². The Balaban J connectivity index is 1.36. The van der Waals surface area contributed by atoms with E-state index >= 15 is 0 Å². The first kappa shape index (κ1) is 21.7. The van der Waals surface area contributed by atoms with Gasteiger partial charge in [0.05, 0.1) is 10.6 Å². The molecule has 0 bridgehead atoms. The Morgan fingerprint density at radius 3 is 2.84 bits per heavy atom. The van der Waals surface area contributed by atoms with Gasteiger partial charge in [0.15, 0.2) is 20.7 Å². The van der Waals surface area contributed by atoms with Crippen molar-refractivity contribution in [2.45, 2.75) is 37.0 Å². The third kappa shape index (κ3) is 5.61. The molecule has 3 heterocycles. The van der Waals surface area contributed by atoms with Crippen molar-refractivity contribution in [1.82, 2.24) is 9.88 Å². The molecule has 1 aromatic carbocycles. The summed E-state index contributed by atoms with van der Waals surface area (Å²) >= 11 is 1.37. The molecule has 1 aliphatic heterocycles. The molecule has 4 rings (SSSR count). The molecule has 1 fully saturated rings. The topological polar surface area (TPSA) is 92.5 Å². The number of anilines is 1. The Kier molecular flexibility index (Phi) is 6.54. The Morgan fingerprint density at radius 1 is 1.26 bits per heavy atom. The molecule has 1 atom stereocenters. The number of benzene rings is 1. The SMILES string of the molecule is C[C@@H]1CCCN(Cc2csc(NC(=O)c3ccc(CS(=O)(=O)c4ccccc4)o3)n2)C1. The fourth-order valence-corrected chi connectivity index (χ4v) is 5.70. The van der Waals surface area contributed by atoms with E-state index in [4.69, 9.17) is 4.42 Å². The average Bonchev–Trinajstić information content (AvgIpc) is 3.38. The number of nitrogens with one attached hydrogen (secondary N) is 1. The van der Waals surface area contributed by atoms with E-state index < -0.39 is 15.7 Å². The lowest BCUT2D eigenvalue weighted by Crippen LogP contribution is -2.33. The number of piperidine rings is 1. The van der Waals surface area contributed by atoms with Crippen molar-refractivity contribution in [3.8, 4) is 0 Å². The predicted octanol–water partition coefficient (Wildman–Crippen LogP) is 4.19. The maximum absolute atomic E-state index is 12.5. The minimum absolute atomic E-state index is 0.0554. The summed E-state index contributed by atoms with van der Waals surface area (Å²) in [7, 11) is -3.54. The van der Waals surface area contributed by atoms with E-state index in [9.17, 15) is 13.2 Å². The van der Waals surface area contributed by atoms with Crippen LogP contribution in [0.15, 0.2) is 57.2 Å². The molecule has 1 aliphatic rings. The van der Waals surface area contributed by atoms with Gasteiger partial charge in [0, 0.05) is 18.5 Å². The van der Waals surface area contributed by atoms with Gasteiger partial charge < -0.3 is 4.42 Å². The van der Waals surface area contributed by atoms with Gasteiger partial charge in [-0.15, -0.1) is 11.3 Å². The van der Waals surface area contributed by atoms with Crippen LogP contribution in [-0.2, 0) is 22.1 Å². The number of amides is 1. The van der Waals surface area contributed by atoms with Gasteiger partial charge in [0.25, 0.3) is 5.91 Å². The lowest BCUT2D eigenvalue weighted by atomic mass is 10.0. The van der Waals surface area contributed by atoms with Crippen molar-refractivity contribution in [3.05, 3.63) is 65.1 Å². The molecule has 1 saturated heterocycles. The van der Waals surface area contributed by atoms with E-state index in [-0.39, 0.29) is 22.2 Å². The number of likely N-dealkylation sites (tertiary alicyclic amines) is 1. The van der Waals surface area contributed by atoms with Gasteiger partial charge in [0.1, 0.15) is 11.5 Å². The highest BCUT2D eigenvalue weighted by Gasteiger charge is 2.20. The summed E-state index contributed by atoms with van der Waals surface area (Å²) in [6.07, 6.45) is 2.47. The van der Waals surface area contributed by atoms with Crippen LogP contribution in [0.1, 0.15) is 41.8 Å². The summed E-state index contributed by atoms with van der Waals surface area (Å²) < 4.78 is 30.5. The number of rotatable bonds is 7. The van der Waals surface area contributed by atoms with Crippen molar-refractivity contribution in [3.63, 3.8) is 0 Å². The first-order chi connectivity index (χ1) is 14.9. The molecular weight excluding hydrogens is 434 g/mol. The van der Waals surface area contributed by atoms with Gasteiger partial charge in [-0.25, -0.2) is 13.4 Å². The molecule has 7 nitrogen and oxygen atoms in total. The number of nitrogens with zero attached hydrogens (tertiary/aromatic N) is 2. The Hall–Kier alpha value is -2.49. The predicted molar refractivity (Wildman–Crippen MR) is 120 cm³/mol. The van der Waals surface area contributed by atoms with Crippen molar-refractivity contribution >= 4 is 32.2 Å². The largest absolute Gasteiger partial charge is 0.455 e. The maximum atomic E-state index is 12.5. The standard InChI is InChI=1S/C22H25N3O4S2/c1-16-6-5-11-25(12-16)13-17-14-30-22(23-17)24-21(26)20-10-9-18(29-20)15-31(27,28)19-7-3-2-4-8-19/h2-4,7-10,14,16H,5-6,11-13,15H2,1H3,(H,23,24,26)/t16-/m1/s1. The third-order valence-corrected chi connectivity index (χ3v) is 7.68. The number of aromatic nitrogens is 1. The molecular formula is C22H25N3O4S2. The van der Waals surface area contributed by atoms with Crippen molar-refractivity contribution in [2.24, 2.45) is 5.92 Å². The third-order valence-electron chi connectivity index (χ3n) is 5.22. The lowest BCUT2D eigenvalue weighted by molar-refractivity contribution is 0.0995. The minimum Gasteiger partial charge on any atom is -0.455 e. The van der Waals surface area contributed by atoms with Crippen LogP contribution in [0.2, 0.25) is 0 Å². The number of carbonyl (C=O) groups excluding carboxylic acids is 1. The highest BCUT2D eigenvalue weighted by molar-refractivity contribution is 7.90. The quantitative estimate of drug-likeness (QED) is 0.569.